The van der Waals surface area contributed by atoms with Crippen LogP contribution in [0.3, 0.4) is 0 Å². The van der Waals surface area contributed by atoms with E-state index < -0.39 is 11.7 Å². The number of nitrogens with zero attached hydrogens (tertiary/aromatic N) is 1. The van der Waals surface area contributed by atoms with Gasteiger partial charge in [-0.05, 0) is 55.2 Å². The molecular formula is C24H24ClF2N3O. The number of nitrogens with two attached hydrogens (primary N) is 1. The number of carbonyl (C=O) groups excluding carboxylic acids is 1. The summed E-state index contributed by atoms with van der Waals surface area (Å²) in [6.45, 7) is 1.84. The molecule has 0 fully saturated rings. The van der Waals surface area contributed by atoms with E-state index in [1.807, 2.05) is 19.1 Å². The fourth-order valence-corrected chi connectivity index (χ4v) is 3.55. The second-order valence-corrected chi connectivity index (χ2v) is 8.01. The summed E-state index contributed by atoms with van der Waals surface area (Å²) in [7, 11) is 0. The molecule has 0 saturated carbocycles. The highest BCUT2D eigenvalue weighted by atomic mass is 35.5. The van der Waals surface area contributed by atoms with E-state index in [1.165, 1.54) is 18.3 Å². The number of hydrogen-bond donors (Lipinski definition) is 2. The molecule has 31 heavy (non-hydrogen) atoms. The van der Waals surface area contributed by atoms with Gasteiger partial charge in [0.25, 0.3) is 0 Å². The highest BCUT2D eigenvalue weighted by Crippen LogP contribution is 2.30. The Kier molecular flexibility index (Phi) is 7.71. The lowest BCUT2D eigenvalue weighted by Gasteiger charge is -2.19. The molecule has 3 aromatic rings. The molecule has 3 N–H and O–H groups in total. The maximum Gasteiger partial charge on any atom is 0.225 e. The number of rotatable bonds is 8. The second-order valence-electron chi connectivity index (χ2n) is 7.57. The Balaban J connectivity index is 1.85. The average molecular weight is 444 g/mol. The summed E-state index contributed by atoms with van der Waals surface area (Å²) in [6, 6.07) is 13.1. The molecule has 0 aliphatic heterocycles. The first kappa shape index (κ1) is 22.8. The number of halogens is 3. The van der Waals surface area contributed by atoms with Gasteiger partial charge in [-0.25, -0.2) is 8.78 Å². The zero-order chi connectivity index (χ0) is 22.4. The number of hydrogen-bond acceptors (Lipinski definition) is 3. The van der Waals surface area contributed by atoms with E-state index in [4.69, 9.17) is 17.3 Å². The number of amides is 1. The molecule has 0 spiro atoms. The molecule has 1 aromatic heterocycles. The van der Waals surface area contributed by atoms with Gasteiger partial charge in [-0.1, -0.05) is 35.9 Å². The molecular weight excluding hydrogens is 420 g/mol. The lowest BCUT2D eigenvalue weighted by Crippen LogP contribution is -2.19. The van der Waals surface area contributed by atoms with Crippen LogP contribution in [0.15, 0.2) is 60.9 Å². The van der Waals surface area contributed by atoms with Gasteiger partial charge in [0.1, 0.15) is 11.6 Å². The van der Waals surface area contributed by atoms with Crippen LogP contribution in [0.2, 0.25) is 5.02 Å². The smallest absolute Gasteiger partial charge is 0.225 e. The zero-order valence-electron chi connectivity index (χ0n) is 17.1. The third-order valence-corrected chi connectivity index (χ3v) is 5.29. The predicted octanol–water partition coefficient (Wildman–Crippen LogP) is 5.45. The lowest BCUT2D eigenvalue weighted by molar-refractivity contribution is -0.116. The van der Waals surface area contributed by atoms with Gasteiger partial charge in [0.2, 0.25) is 5.91 Å². The Bertz CT molecular complexity index is 1040. The molecule has 2 atom stereocenters. The van der Waals surface area contributed by atoms with Crippen molar-refractivity contribution in [2.75, 3.05) is 5.32 Å². The van der Waals surface area contributed by atoms with Gasteiger partial charge in [-0.2, -0.15) is 0 Å². The van der Waals surface area contributed by atoms with Crippen molar-refractivity contribution in [1.29, 1.82) is 0 Å². The van der Waals surface area contributed by atoms with Crippen LogP contribution in [0, 0.1) is 11.6 Å². The minimum atomic E-state index is -0.488. The van der Waals surface area contributed by atoms with Crippen molar-refractivity contribution in [2.24, 2.45) is 5.73 Å². The summed E-state index contributed by atoms with van der Waals surface area (Å²) < 4.78 is 28.2. The quantitative estimate of drug-likeness (QED) is 0.486. The molecule has 3 rings (SSSR count). The summed E-state index contributed by atoms with van der Waals surface area (Å²) in [5, 5.41) is 3.33. The van der Waals surface area contributed by atoms with Gasteiger partial charge in [0, 0.05) is 29.0 Å². The first-order valence-electron chi connectivity index (χ1n) is 10.0. The minimum Gasteiger partial charge on any atom is -0.328 e. The molecule has 4 nitrogen and oxygen atoms in total. The van der Waals surface area contributed by atoms with Gasteiger partial charge in [0.05, 0.1) is 18.1 Å². The van der Waals surface area contributed by atoms with Gasteiger partial charge >= 0.3 is 0 Å². The van der Waals surface area contributed by atoms with E-state index >= 15 is 0 Å². The standard InChI is InChI=1S/C24H24ClF2N3O/c1-15(28)5-10-20-22(27)13-29-14-23(20)30-24(31)12-21(16-6-8-18(25)9-7-16)17-3-2-4-19(26)11-17/h2-4,6-9,11,13-15,21H,5,10,12,28H2,1H3,(H,30,31)/t15-,21?/m1/s1. The zero-order valence-corrected chi connectivity index (χ0v) is 17.9. The first-order valence-corrected chi connectivity index (χ1v) is 10.4. The third-order valence-electron chi connectivity index (χ3n) is 5.04. The SMILES string of the molecule is C[C@@H](N)CCc1c(F)cncc1NC(=O)CC(c1ccc(Cl)cc1)c1cccc(F)c1. The topological polar surface area (TPSA) is 68.0 Å². The van der Waals surface area contributed by atoms with Crippen molar-refractivity contribution < 1.29 is 13.6 Å². The average Bonchev–Trinajstić information content (AvgIpc) is 2.72. The van der Waals surface area contributed by atoms with Gasteiger partial charge < -0.3 is 11.1 Å². The molecule has 0 radical (unpaired) electrons. The number of carbonyl (C=O) groups is 1. The van der Waals surface area contributed by atoms with Crippen molar-refractivity contribution in [2.45, 2.75) is 38.1 Å². The predicted molar refractivity (Wildman–Crippen MR) is 119 cm³/mol. The normalized spacial score (nSPS) is 12.9. The van der Waals surface area contributed by atoms with Gasteiger partial charge in [-0.3, -0.25) is 9.78 Å². The molecule has 0 bridgehead atoms. The fourth-order valence-electron chi connectivity index (χ4n) is 3.43. The molecule has 1 unspecified atom stereocenters. The Morgan fingerprint density at radius 3 is 2.55 bits per heavy atom. The molecule has 1 amide bonds. The lowest BCUT2D eigenvalue weighted by atomic mass is 9.88. The minimum absolute atomic E-state index is 0.0360. The van der Waals surface area contributed by atoms with Crippen molar-refractivity contribution in [3.05, 3.63) is 94.3 Å². The van der Waals surface area contributed by atoms with Crippen LogP contribution < -0.4 is 11.1 Å². The van der Waals surface area contributed by atoms with Gasteiger partial charge in [0.15, 0.2) is 0 Å². The molecule has 0 aliphatic rings. The Morgan fingerprint density at radius 2 is 1.87 bits per heavy atom. The fraction of sp³-hybridized carbons (Fsp3) is 0.250. The van der Waals surface area contributed by atoms with Crippen molar-refractivity contribution in [3.8, 4) is 0 Å². The summed E-state index contributed by atoms with van der Waals surface area (Å²) in [4.78, 5) is 16.8. The van der Waals surface area contributed by atoms with E-state index in [9.17, 15) is 13.6 Å². The highest BCUT2D eigenvalue weighted by molar-refractivity contribution is 6.30. The van der Waals surface area contributed by atoms with Crippen LogP contribution in [0.4, 0.5) is 14.5 Å². The molecule has 1 heterocycles. The van der Waals surface area contributed by atoms with Gasteiger partial charge in [-0.15, -0.1) is 0 Å². The summed E-state index contributed by atoms with van der Waals surface area (Å²) in [5.74, 6) is -1.61. The Hall–Kier alpha value is -2.83. The number of pyridine rings is 1. The van der Waals surface area contributed by atoms with Crippen molar-refractivity contribution >= 4 is 23.2 Å². The summed E-state index contributed by atoms with van der Waals surface area (Å²) >= 11 is 5.99. The van der Waals surface area contributed by atoms with E-state index in [-0.39, 0.29) is 24.2 Å². The molecule has 0 saturated heterocycles. The molecule has 2 aromatic carbocycles. The number of anilines is 1. The van der Waals surface area contributed by atoms with Crippen LogP contribution in [0.25, 0.3) is 0 Å². The van der Waals surface area contributed by atoms with E-state index in [0.717, 1.165) is 11.8 Å². The third kappa shape index (κ3) is 6.32. The van der Waals surface area contributed by atoms with Crippen molar-refractivity contribution in [1.82, 2.24) is 4.98 Å². The largest absolute Gasteiger partial charge is 0.328 e. The number of nitrogens with one attached hydrogen (secondary N) is 1. The first-order chi connectivity index (χ1) is 14.8. The van der Waals surface area contributed by atoms with Crippen LogP contribution >= 0.6 is 11.6 Å². The number of benzene rings is 2. The highest BCUT2D eigenvalue weighted by Gasteiger charge is 2.20. The summed E-state index contributed by atoms with van der Waals surface area (Å²) in [6.07, 6.45) is 3.54. The Morgan fingerprint density at radius 1 is 1.13 bits per heavy atom. The molecule has 162 valence electrons. The van der Waals surface area contributed by atoms with Crippen LogP contribution in [0.1, 0.15) is 42.4 Å². The summed E-state index contributed by atoms with van der Waals surface area (Å²) in [5.41, 5.74) is 7.96. The monoisotopic (exact) mass is 443 g/mol. The van der Waals surface area contributed by atoms with Crippen LogP contribution in [-0.2, 0) is 11.2 Å². The molecule has 7 heteroatoms. The van der Waals surface area contributed by atoms with Crippen LogP contribution in [0.5, 0.6) is 0 Å². The maximum absolute atomic E-state index is 14.3. The van der Waals surface area contributed by atoms with E-state index in [1.54, 1.807) is 24.3 Å². The van der Waals surface area contributed by atoms with Crippen molar-refractivity contribution in [3.63, 3.8) is 0 Å². The molecule has 0 aliphatic carbocycles. The number of aromatic nitrogens is 1. The van der Waals surface area contributed by atoms with E-state index in [0.29, 0.717) is 34.7 Å². The van der Waals surface area contributed by atoms with E-state index in [2.05, 4.69) is 10.3 Å². The second kappa shape index (κ2) is 10.5. The van der Waals surface area contributed by atoms with Crippen LogP contribution in [-0.4, -0.2) is 16.9 Å². The Labute approximate surface area is 185 Å². The maximum atomic E-state index is 14.3.